The van der Waals surface area contributed by atoms with E-state index in [0.717, 1.165) is 35.4 Å². The Labute approximate surface area is 158 Å². The molecular weight excluding hydrogens is 338 g/mol. The van der Waals surface area contributed by atoms with Crippen molar-refractivity contribution in [3.8, 4) is 17.1 Å². The molecule has 138 valence electrons. The normalized spacial score (nSPS) is 19.1. The van der Waals surface area contributed by atoms with E-state index in [9.17, 15) is 5.11 Å². The molecule has 6 heteroatoms. The van der Waals surface area contributed by atoms with E-state index in [1.54, 1.807) is 12.1 Å². The Kier molecular flexibility index (Phi) is 4.64. The molecule has 1 aliphatic heterocycles. The summed E-state index contributed by atoms with van der Waals surface area (Å²) in [6.45, 7) is 4.88. The standard InChI is InChI=1S/C21H23N5O/c1-13(22-2)18-11-14(12-23-18)24-20-15-7-3-5-9-17(15)25-21(26-20)16-8-4-6-10-19(16)27/h3-10,14,18,22-23,27H,1,11-12H2,2H3,(H,24,25,26)/t14-,18+/m0/s1. The Bertz CT molecular complexity index is 987. The van der Waals surface area contributed by atoms with Gasteiger partial charge in [0, 0.05) is 36.8 Å². The Morgan fingerprint density at radius 2 is 1.93 bits per heavy atom. The van der Waals surface area contributed by atoms with E-state index in [-0.39, 0.29) is 17.8 Å². The average molecular weight is 361 g/mol. The Morgan fingerprint density at radius 1 is 1.15 bits per heavy atom. The zero-order valence-corrected chi connectivity index (χ0v) is 15.2. The van der Waals surface area contributed by atoms with Gasteiger partial charge in [-0.25, -0.2) is 9.97 Å². The lowest BCUT2D eigenvalue weighted by Gasteiger charge is -2.16. The fourth-order valence-electron chi connectivity index (χ4n) is 3.45. The molecule has 0 spiro atoms. The van der Waals surface area contributed by atoms with Crippen molar-refractivity contribution < 1.29 is 5.11 Å². The molecule has 2 heterocycles. The van der Waals surface area contributed by atoms with Gasteiger partial charge in [-0.3, -0.25) is 0 Å². The highest BCUT2D eigenvalue weighted by atomic mass is 16.3. The van der Waals surface area contributed by atoms with Gasteiger partial charge in [-0.1, -0.05) is 30.8 Å². The SMILES string of the molecule is C=C(NC)[C@H]1C[C@H](Nc2nc(-c3ccccc3O)nc3ccccc23)CN1. The second-order valence-corrected chi connectivity index (χ2v) is 6.74. The van der Waals surface area contributed by atoms with Crippen molar-refractivity contribution in [2.75, 3.05) is 18.9 Å². The lowest BCUT2D eigenvalue weighted by atomic mass is 10.1. The Hall–Kier alpha value is -3.12. The van der Waals surface area contributed by atoms with Crippen LogP contribution in [0.1, 0.15) is 6.42 Å². The number of aromatic nitrogens is 2. The second kappa shape index (κ2) is 7.25. The summed E-state index contributed by atoms with van der Waals surface area (Å²) in [5.74, 6) is 1.46. The first kappa shape index (κ1) is 17.3. The second-order valence-electron chi connectivity index (χ2n) is 6.74. The van der Waals surface area contributed by atoms with Crippen LogP contribution in [0.5, 0.6) is 5.75 Å². The molecule has 1 fully saturated rings. The van der Waals surface area contributed by atoms with Crippen molar-refractivity contribution in [3.05, 3.63) is 60.8 Å². The van der Waals surface area contributed by atoms with E-state index in [1.807, 2.05) is 43.4 Å². The maximum atomic E-state index is 10.2. The molecule has 0 saturated carbocycles. The number of hydrogen-bond acceptors (Lipinski definition) is 6. The van der Waals surface area contributed by atoms with Crippen LogP contribution >= 0.6 is 0 Å². The molecule has 0 radical (unpaired) electrons. The molecule has 0 bridgehead atoms. The summed E-state index contributed by atoms with van der Waals surface area (Å²) in [6.07, 6.45) is 0.921. The van der Waals surface area contributed by atoms with Crippen LogP contribution in [0, 0.1) is 0 Å². The van der Waals surface area contributed by atoms with Crippen molar-refractivity contribution in [1.82, 2.24) is 20.6 Å². The number of phenolic OH excluding ortho intramolecular Hbond substituents is 1. The van der Waals surface area contributed by atoms with Gasteiger partial charge < -0.3 is 21.1 Å². The van der Waals surface area contributed by atoms with Gasteiger partial charge in [-0.2, -0.15) is 0 Å². The highest BCUT2D eigenvalue weighted by molar-refractivity contribution is 5.91. The van der Waals surface area contributed by atoms with Crippen LogP contribution in [0.15, 0.2) is 60.8 Å². The summed E-state index contributed by atoms with van der Waals surface area (Å²) in [6, 6.07) is 15.5. The number of hydrogen-bond donors (Lipinski definition) is 4. The number of benzene rings is 2. The molecule has 0 amide bonds. The lowest BCUT2D eigenvalue weighted by Crippen LogP contribution is -2.29. The highest BCUT2D eigenvalue weighted by Gasteiger charge is 2.26. The summed E-state index contributed by atoms with van der Waals surface area (Å²) >= 11 is 0. The van der Waals surface area contributed by atoms with Crippen molar-refractivity contribution in [2.24, 2.45) is 0 Å². The fraction of sp³-hybridized carbons (Fsp3) is 0.238. The maximum Gasteiger partial charge on any atom is 0.165 e. The fourth-order valence-corrected chi connectivity index (χ4v) is 3.45. The van der Waals surface area contributed by atoms with Crippen LogP contribution in [0.4, 0.5) is 5.82 Å². The lowest BCUT2D eigenvalue weighted by molar-refractivity contribution is 0.477. The van der Waals surface area contributed by atoms with Crippen LogP contribution in [0.3, 0.4) is 0 Å². The molecule has 6 nitrogen and oxygen atoms in total. The third-order valence-corrected chi connectivity index (χ3v) is 4.96. The van der Waals surface area contributed by atoms with Crippen LogP contribution in [-0.2, 0) is 0 Å². The van der Waals surface area contributed by atoms with Gasteiger partial charge in [0.05, 0.1) is 11.1 Å². The van der Waals surface area contributed by atoms with Crippen molar-refractivity contribution >= 4 is 16.7 Å². The minimum atomic E-state index is 0.173. The van der Waals surface area contributed by atoms with E-state index < -0.39 is 0 Å². The molecule has 3 aromatic rings. The van der Waals surface area contributed by atoms with Crippen LogP contribution in [-0.4, -0.2) is 40.8 Å². The first-order chi connectivity index (χ1) is 13.2. The van der Waals surface area contributed by atoms with Crippen LogP contribution in [0.2, 0.25) is 0 Å². The van der Waals surface area contributed by atoms with Crippen LogP contribution in [0.25, 0.3) is 22.3 Å². The first-order valence-corrected chi connectivity index (χ1v) is 9.07. The van der Waals surface area contributed by atoms with E-state index in [4.69, 9.17) is 4.98 Å². The summed E-state index contributed by atoms with van der Waals surface area (Å²) in [4.78, 5) is 9.38. The summed E-state index contributed by atoms with van der Waals surface area (Å²) in [7, 11) is 1.89. The molecule has 0 unspecified atom stereocenters. The van der Waals surface area contributed by atoms with Crippen molar-refractivity contribution in [3.63, 3.8) is 0 Å². The van der Waals surface area contributed by atoms with Gasteiger partial charge in [0.2, 0.25) is 0 Å². The van der Waals surface area contributed by atoms with E-state index in [1.165, 1.54) is 0 Å². The molecule has 2 atom stereocenters. The molecule has 1 aliphatic rings. The van der Waals surface area contributed by atoms with Gasteiger partial charge in [0.15, 0.2) is 5.82 Å². The van der Waals surface area contributed by atoms with Gasteiger partial charge in [0.1, 0.15) is 11.6 Å². The molecule has 27 heavy (non-hydrogen) atoms. The number of aromatic hydroxyl groups is 1. The predicted molar refractivity (Wildman–Crippen MR) is 109 cm³/mol. The van der Waals surface area contributed by atoms with E-state index in [2.05, 4.69) is 27.5 Å². The number of nitrogens with zero attached hydrogens (tertiary/aromatic N) is 2. The third kappa shape index (κ3) is 3.44. The largest absolute Gasteiger partial charge is 0.507 e. The predicted octanol–water partition coefficient (Wildman–Crippen LogP) is 2.88. The maximum absolute atomic E-state index is 10.2. The van der Waals surface area contributed by atoms with Gasteiger partial charge in [-0.15, -0.1) is 0 Å². The first-order valence-electron chi connectivity index (χ1n) is 9.07. The molecule has 2 aromatic carbocycles. The quantitative estimate of drug-likeness (QED) is 0.559. The Balaban J connectivity index is 1.70. The van der Waals surface area contributed by atoms with E-state index in [0.29, 0.717) is 11.4 Å². The molecule has 4 rings (SSSR count). The average Bonchev–Trinajstić information content (AvgIpc) is 3.16. The van der Waals surface area contributed by atoms with Crippen LogP contribution < -0.4 is 16.0 Å². The van der Waals surface area contributed by atoms with Crippen molar-refractivity contribution in [1.29, 1.82) is 0 Å². The van der Waals surface area contributed by atoms with Crippen molar-refractivity contribution in [2.45, 2.75) is 18.5 Å². The van der Waals surface area contributed by atoms with Gasteiger partial charge in [-0.05, 0) is 30.7 Å². The number of rotatable bonds is 5. The number of phenols is 1. The molecule has 1 saturated heterocycles. The number of para-hydroxylation sites is 2. The number of anilines is 1. The molecular formula is C21H23N5O. The Morgan fingerprint density at radius 3 is 2.74 bits per heavy atom. The van der Waals surface area contributed by atoms with Gasteiger partial charge >= 0.3 is 0 Å². The summed E-state index contributed by atoms with van der Waals surface area (Å²) < 4.78 is 0. The minimum Gasteiger partial charge on any atom is -0.507 e. The third-order valence-electron chi connectivity index (χ3n) is 4.96. The summed E-state index contributed by atoms with van der Waals surface area (Å²) in [5, 5.41) is 21.3. The number of likely N-dealkylation sites (N-methyl/N-ethyl adjacent to an activating group) is 1. The molecule has 0 aliphatic carbocycles. The smallest absolute Gasteiger partial charge is 0.165 e. The highest BCUT2D eigenvalue weighted by Crippen LogP contribution is 2.30. The minimum absolute atomic E-state index is 0.173. The van der Waals surface area contributed by atoms with E-state index >= 15 is 0 Å². The monoisotopic (exact) mass is 361 g/mol. The number of fused-ring (bicyclic) bond motifs is 1. The molecule has 4 N–H and O–H groups in total. The summed E-state index contributed by atoms with van der Waals surface area (Å²) in [5.41, 5.74) is 2.45. The van der Waals surface area contributed by atoms with Gasteiger partial charge in [0.25, 0.3) is 0 Å². The zero-order chi connectivity index (χ0) is 18.8. The number of nitrogens with one attached hydrogen (secondary N) is 3. The molecule has 1 aromatic heterocycles. The zero-order valence-electron chi connectivity index (χ0n) is 15.2. The topological polar surface area (TPSA) is 82.1 Å².